The Kier molecular flexibility index (Phi) is 4.43. The van der Waals surface area contributed by atoms with E-state index < -0.39 is 11.5 Å². The number of hydrogen-bond acceptors (Lipinski definition) is 3. The van der Waals surface area contributed by atoms with Gasteiger partial charge in [-0.15, -0.1) is 0 Å². The summed E-state index contributed by atoms with van der Waals surface area (Å²) in [5, 5.41) is 8.56. The summed E-state index contributed by atoms with van der Waals surface area (Å²) in [6.45, 7) is 7.24. The van der Waals surface area contributed by atoms with Gasteiger partial charge >= 0.3 is 0 Å². The SMILES string of the molecule is CCC(C#N)C(=O)NOC(C)(C)C. The average molecular weight is 184 g/mol. The lowest BCUT2D eigenvalue weighted by Gasteiger charge is -2.19. The Morgan fingerprint density at radius 1 is 1.62 bits per heavy atom. The molecule has 0 fully saturated rings. The molecular formula is C9H16N2O2. The first kappa shape index (κ1) is 11.9. The van der Waals surface area contributed by atoms with Gasteiger partial charge in [0, 0.05) is 0 Å². The molecule has 1 atom stereocenters. The van der Waals surface area contributed by atoms with Gasteiger partial charge in [-0.05, 0) is 27.2 Å². The second kappa shape index (κ2) is 4.83. The molecule has 13 heavy (non-hydrogen) atoms. The lowest BCUT2D eigenvalue weighted by atomic mass is 10.1. The average Bonchev–Trinajstić information content (AvgIpc) is 2.02. The van der Waals surface area contributed by atoms with E-state index in [1.807, 2.05) is 26.8 Å². The van der Waals surface area contributed by atoms with Crippen molar-refractivity contribution in [3.8, 4) is 6.07 Å². The first-order valence-corrected chi connectivity index (χ1v) is 4.28. The monoisotopic (exact) mass is 184 g/mol. The number of nitriles is 1. The number of carbonyl (C=O) groups excluding carboxylic acids is 1. The second-order valence-electron chi connectivity index (χ2n) is 3.77. The van der Waals surface area contributed by atoms with Crippen molar-refractivity contribution in [2.24, 2.45) is 5.92 Å². The van der Waals surface area contributed by atoms with Gasteiger partial charge in [0.25, 0.3) is 5.91 Å². The Balaban J connectivity index is 3.96. The lowest BCUT2D eigenvalue weighted by molar-refractivity contribution is -0.148. The first-order chi connectivity index (χ1) is 5.90. The Hall–Kier alpha value is -1.08. The van der Waals surface area contributed by atoms with Crippen molar-refractivity contribution in [2.45, 2.75) is 39.7 Å². The van der Waals surface area contributed by atoms with Gasteiger partial charge in [-0.2, -0.15) is 5.26 Å². The number of rotatable bonds is 3. The van der Waals surface area contributed by atoms with Crippen LogP contribution in [0.4, 0.5) is 0 Å². The molecule has 0 aromatic rings. The standard InChI is InChI=1S/C9H16N2O2/c1-5-7(6-10)8(12)11-13-9(2,3)4/h7H,5H2,1-4H3,(H,11,12). The molecule has 0 heterocycles. The highest BCUT2D eigenvalue weighted by Crippen LogP contribution is 2.06. The van der Waals surface area contributed by atoms with E-state index in [0.29, 0.717) is 6.42 Å². The van der Waals surface area contributed by atoms with E-state index in [-0.39, 0.29) is 5.91 Å². The Morgan fingerprint density at radius 2 is 2.15 bits per heavy atom. The smallest absolute Gasteiger partial charge is 0.260 e. The van der Waals surface area contributed by atoms with Crippen LogP contribution >= 0.6 is 0 Å². The fourth-order valence-electron chi connectivity index (χ4n) is 0.610. The molecule has 0 aliphatic heterocycles. The Morgan fingerprint density at radius 3 is 2.46 bits per heavy atom. The summed E-state index contributed by atoms with van der Waals surface area (Å²) in [5.41, 5.74) is 1.84. The van der Waals surface area contributed by atoms with Crippen LogP contribution in [0.3, 0.4) is 0 Å². The highest BCUT2D eigenvalue weighted by atomic mass is 16.7. The Labute approximate surface area is 78.8 Å². The minimum Gasteiger partial charge on any atom is -0.271 e. The van der Waals surface area contributed by atoms with Crippen molar-refractivity contribution in [3.05, 3.63) is 0 Å². The molecule has 0 spiro atoms. The molecule has 4 heteroatoms. The van der Waals surface area contributed by atoms with Crippen LogP contribution in [0.25, 0.3) is 0 Å². The lowest BCUT2D eigenvalue weighted by Crippen LogP contribution is -2.36. The van der Waals surface area contributed by atoms with Gasteiger partial charge in [-0.3, -0.25) is 9.63 Å². The van der Waals surface area contributed by atoms with Crippen LogP contribution in [0.15, 0.2) is 0 Å². The van der Waals surface area contributed by atoms with Gasteiger partial charge in [0.1, 0.15) is 5.92 Å². The maximum atomic E-state index is 11.2. The molecule has 1 N–H and O–H groups in total. The quantitative estimate of drug-likeness (QED) is 0.674. The van der Waals surface area contributed by atoms with Gasteiger partial charge in [0.15, 0.2) is 0 Å². The minimum atomic E-state index is -0.623. The highest BCUT2D eigenvalue weighted by Gasteiger charge is 2.18. The van der Waals surface area contributed by atoms with Crippen molar-refractivity contribution < 1.29 is 9.63 Å². The van der Waals surface area contributed by atoms with Crippen LogP contribution in [0, 0.1) is 17.2 Å². The topological polar surface area (TPSA) is 62.1 Å². The van der Waals surface area contributed by atoms with Crippen LogP contribution in [0.5, 0.6) is 0 Å². The van der Waals surface area contributed by atoms with Gasteiger partial charge in [0.2, 0.25) is 0 Å². The van der Waals surface area contributed by atoms with Crippen molar-refractivity contribution in [3.63, 3.8) is 0 Å². The van der Waals surface area contributed by atoms with Crippen LogP contribution in [0.2, 0.25) is 0 Å². The van der Waals surface area contributed by atoms with Crippen LogP contribution in [-0.2, 0) is 9.63 Å². The van der Waals surface area contributed by atoms with Crippen molar-refractivity contribution in [1.82, 2.24) is 5.48 Å². The summed E-state index contributed by atoms with van der Waals surface area (Å²) in [6.07, 6.45) is 0.496. The number of hydroxylamine groups is 1. The zero-order valence-electron chi connectivity index (χ0n) is 8.55. The summed E-state index contributed by atoms with van der Waals surface area (Å²) in [6, 6.07) is 1.90. The van der Waals surface area contributed by atoms with Crippen LogP contribution in [-0.4, -0.2) is 11.5 Å². The van der Waals surface area contributed by atoms with Crippen LogP contribution < -0.4 is 5.48 Å². The molecule has 0 bridgehead atoms. The summed E-state index contributed by atoms with van der Waals surface area (Å²) >= 11 is 0. The maximum Gasteiger partial charge on any atom is 0.260 e. The predicted molar refractivity (Wildman–Crippen MR) is 48.4 cm³/mol. The largest absolute Gasteiger partial charge is 0.271 e. The van der Waals surface area contributed by atoms with Crippen molar-refractivity contribution in [2.75, 3.05) is 0 Å². The molecular weight excluding hydrogens is 168 g/mol. The third-order valence-electron chi connectivity index (χ3n) is 1.34. The molecule has 0 radical (unpaired) electrons. The normalized spacial score (nSPS) is 13.2. The zero-order valence-corrected chi connectivity index (χ0v) is 8.55. The molecule has 1 unspecified atom stereocenters. The third kappa shape index (κ3) is 5.21. The number of carbonyl (C=O) groups is 1. The summed E-state index contributed by atoms with van der Waals surface area (Å²) < 4.78 is 0. The number of nitrogens with one attached hydrogen (secondary N) is 1. The molecule has 1 amide bonds. The summed E-state index contributed by atoms with van der Waals surface area (Å²) in [5.74, 6) is -0.998. The predicted octanol–water partition coefficient (Wildman–Crippen LogP) is 1.38. The van der Waals surface area contributed by atoms with E-state index in [4.69, 9.17) is 10.1 Å². The second-order valence-corrected chi connectivity index (χ2v) is 3.77. The van der Waals surface area contributed by atoms with E-state index >= 15 is 0 Å². The van der Waals surface area contributed by atoms with E-state index in [1.165, 1.54) is 0 Å². The van der Waals surface area contributed by atoms with E-state index in [9.17, 15) is 4.79 Å². The fourth-order valence-corrected chi connectivity index (χ4v) is 0.610. The van der Waals surface area contributed by atoms with Gasteiger partial charge in [0.05, 0.1) is 11.7 Å². The summed E-state index contributed by atoms with van der Waals surface area (Å²) in [7, 11) is 0. The van der Waals surface area contributed by atoms with E-state index in [0.717, 1.165) is 0 Å². The van der Waals surface area contributed by atoms with Gasteiger partial charge < -0.3 is 0 Å². The van der Waals surface area contributed by atoms with Crippen molar-refractivity contribution >= 4 is 5.91 Å². The van der Waals surface area contributed by atoms with Gasteiger partial charge in [-0.25, -0.2) is 5.48 Å². The number of hydrogen-bond donors (Lipinski definition) is 1. The number of nitrogens with zero attached hydrogens (tertiary/aromatic N) is 1. The molecule has 0 rings (SSSR count). The van der Waals surface area contributed by atoms with E-state index in [2.05, 4.69) is 5.48 Å². The third-order valence-corrected chi connectivity index (χ3v) is 1.34. The Bertz CT molecular complexity index is 213. The summed E-state index contributed by atoms with van der Waals surface area (Å²) in [4.78, 5) is 16.2. The van der Waals surface area contributed by atoms with Gasteiger partial charge in [-0.1, -0.05) is 6.92 Å². The van der Waals surface area contributed by atoms with E-state index in [1.54, 1.807) is 6.92 Å². The fraction of sp³-hybridized carbons (Fsp3) is 0.778. The molecule has 74 valence electrons. The first-order valence-electron chi connectivity index (χ1n) is 4.28. The van der Waals surface area contributed by atoms with Crippen molar-refractivity contribution in [1.29, 1.82) is 5.26 Å². The molecule has 0 aromatic carbocycles. The minimum absolute atomic E-state index is 0.375. The molecule has 0 aliphatic carbocycles. The molecule has 4 nitrogen and oxygen atoms in total. The molecule has 0 saturated heterocycles. The maximum absolute atomic E-state index is 11.2. The zero-order chi connectivity index (χ0) is 10.5. The molecule has 0 aliphatic rings. The number of amides is 1. The highest BCUT2D eigenvalue weighted by molar-refractivity contribution is 5.79. The molecule has 0 saturated carbocycles. The molecule has 0 aromatic heterocycles. The van der Waals surface area contributed by atoms with Crippen LogP contribution in [0.1, 0.15) is 34.1 Å².